The summed E-state index contributed by atoms with van der Waals surface area (Å²) in [5.41, 5.74) is 0. The van der Waals surface area contributed by atoms with Gasteiger partial charge < -0.3 is 10.1 Å². The molecule has 2 unspecified atom stereocenters. The average molecular weight is 193 g/mol. The Hall–Kier alpha value is -0.130. The molecule has 1 heterocycles. The van der Waals surface area contributed by atoms with Crippen LogP contribution in [0, 0.1) is 0 Å². The second-order valence-electron chi connectivity index (χ2n) is 3.20. The lowest BCUT2D eigenvalue weighted by atomic mass is 10.3. The summed E-state index contributed by atoms with van der Waals surface area (Å²) in [7, 11) is -1.30. The fraction of sp³-hybridized carbons (Fsp3) is 1.00. The van der Waals surface area contributed by atoms with Crippen molar-refractivity contribution in [2.75, 3.05) is 26.0 Å². The van der Waals surface area contributed by atoms with Crippen molar-refractivity contribution < 1.29 is 13.2 Å². The topological polar surface area (TPSA) is 55.4 Å². The van der Waals surface area contributed by atoms with Crippen molar-refractivity contribution in [3.05, 3.63) is 0 Å². The molecule has 72 valence electrons. The van der Waals surface area contributed by atoms with Crippen molar-refractivity contribution in [2.24, 2.45) is 0 Å². The summed E-state index contributed by atoms with van der Waals surface area (Å²) in [4.78, 5) is 0. The molecular formula is C7H15NO3S. The molecule has 1 N–H and O–H groups in total. The maximum atomic E-state index is 11.4. The Kier molecular flexibility index (Phi) is 3.09. The molecule has 0 saturated carbocycles. The minimum atomic E-state index is -2.88. The van der Waals surface area contributed by atoms with Gasteiger partial charge in [-0.15, -0.1) is 0 Å². The largest absolute Gasteiger partial charge is 0.383 e. The first-order valence-electron chi connectivity index (χ1n) is 4.00. The zero-order valence-electron chi connectivity index (χ0n) is 7.41. The molecule has 1 rings (SSSR count). The molecule has 4 nitrogen and oxygen atoms in total. The molecule has 5 heteroatoms. The first-order chi connectivity index (χ1) is 5.56. The van der Waals surface area contributed by atoms with E-state index in [4.69, 9.17) is 4.74 Å². The Balaban J connectivity index is 2.57. The van der Waals surface area contributed by atoms with Crippen LogP contribution in [-0.2, 0) is 14.6 Å². The standard InChI is InChI=1S/C7H15NO3S/c1-6-3-8-7(4-11-2)5-12(6,9)10/h6-8H,3-5H2,1-2H3. The van der Waals surface area contributed by atoms with Gasteiger partial charge in [-0.2, -0.15) is 0 Å². The summed E-state index contributed by atoms with van der Waals surface area (Å²) in [6, 6.07) is -0.0313. The lowest BCUT2D eigenvalue weighted by Gasteiger charge is -2.27. The van der Waals surface area contributed by atoms with Gasteiger partial charge in [0.05, 0.1) is 17.6 Å². The van der Waals surface area contributed by atoms with Gasteiger partial charge in [-0.1, -0.05) is 0 Å². The van der Waals surface area contributed by atoms with E-state index in [0.717, 1.165) is 0 Å². The van der Waals surface area contributed by atoms with E-state index in [1.165, 1.54) is 0 Å². The van der Waals surface area contributed by atoms with Gasteiger partial charge in [-0.05, 0) is 6.92 Å². The molecule has 0 bridgehead atoms. The zero-order chi connectivity index (χ0) is 9.19. The van der Waals surface area contributed by atoms with E-state index < -0.39 is 9.84 Å². The second kappa shape index (κ2) is 3.72. The Morgan fingerprint density at radius 3 is 2.75 bits per heavy atom. The fourth-order valence-corrected chi connectivity index (χ4v) is 2.73. The minimum absolute atomic E-state index is 0.0313. The van der Waals surface area contributed by atoms with Gasteiger partial charge in [0.15, 0.2) is 9.84 Å². The Labute approximate surface area is 73.2 Å². The average Bonchev–Trinajstić information content (AvgIpc) is 1.97. The predicted molar refractivity (Wildman–Crippen MR) is 46.9 cm³/mol. The molecule has 0 spiro atoms. The van der Waals surface area contributed by atoms with Gasteiger partial charge in [0.1, 0.15) is 0 Å². The Morgan fingerprint density at radius 2 is 2.25 bits per heavy atom. The summed E-state index contributed by atoms with van der Waals surface area (Å²) < 4.78 is 27.6. The number of methoxy groups -OCH3 is 1. The third-order valence-corrected chi connectivity index (χ3v) is 4.37. The van der Waals surface area contributed by atoms with Crippen molar-refractivity contribution >= 4 is 9.84 Å². The second-order valence-corrected chi connectivity index (χ2v) is 5.66. The van der Waals surface area contributed by atoms with Gasteiger partial charge in [-0.3, -0.25) is 0 Å². The van der Waals surface area contributed by atoms with Crippen LogP contribution in [0.3, 0.4) is 0 Å². The van der Waals surface area contributed by atoms with Crippen LogP contribution in [0.4, 0.5) is 0 Å². The SMILES string of the molecule is COCC1CS(=O)(=O)C(C)CN1. The molecule has 12 heavy (non-hydrogen) atoms. The number of ether oxygens (including phenoxy) is 1. The monoisotopic (exact) mass is 193 g/mol. The number of nitrogens with one attached hydrogen (secondary N) is 1. The third-order valence-electron chi connectivity index (χ3n) is 2.11. The van der Waals surface area contributed by atoms with Crippen molar-refractivity contribution in [1.82, 2.24) is 5.32 Å². The molecule has 0 amide bonds. The maximum absolute atomic E-state index is 11.4. The lowest BCUT2D eigenvalue weighted by molar-refractivity contribution is 0.171. The molecule has 1 aliphatic heterocycles. The summed E-state index contributed by atoms with van der Waals surface area (Å²) in [6.45, 7) is 2.73. The highest BCUT2D eigenvalue weighted by atomic mass is 32.2. The van der Waals surface area contributed by atoms with Crippen molar-refractivity contribution in [3.8, 4) is 0 Å². The highest BCUT2D eigenvalue weighted by molar-refractivity contribution is 7.92. The number of sulfone groups is 1. The molecule has 2 atom stereocenters. The number of hydrogen-bond acceptors (Lipinski definition) is 4. The molecule has 1 fully saturated rings. The summed E-state index contributed by atoms with van der Waals surface area (Å²) >= 11 is 0. The van der Waals surface area contributed by atoms with Crippen LogP contribution in [0.25, 0.3) is 0 Å². The van der Waals surface area contributed by atoms with Crippen LogP contribution in [-0.4, -0.2) is 45.7 Å². The van der Waals surface area contributed by atoms with E-state index in [0.29, 0.717) is 13.2 Å². The molecule has 0 aliphatic carbocycles. The van der Waals surface area contributed by atoms with E-state index in [-0.39, 0.29) is 17.0 Å². The van der Waals surface area contributed by atoms with E-state index in [9.17, 15) is 8.42 Å². The smallest absolute Gasteiger partial charge is 0.155 e. The Bertz CT molecular complexity index is 237. The highest BCUT2D eigenvalue weighted by Gasteiger charge is 2.30. The molecule has 0 radical (unpaired) electrons. The third kappa shape index (κ3) is 2.18. The van der Waals surface area contributed by atoms with E-state index in [1.54, 1.807) is 14.0 Å². The fourth-order valence-electron chi connectivity index (χ4n) is 1.27. The van der Waals surface area contributed by atoms with Crippen LogP contribution >= 0.6 is 0 Å². The molecule has 0 aromatic carbocycles. The van der Waals surface area contributed by atoms with Gasteiger partial charge in [0, 0.05) is 19.7 Å². The van der Waals surface area contributed by atoms with Crippen LogP contribution in [0.2, 0.25) is 0 Å². The Morgan fingerprint density at radius 1 is 1.58 bits per heavy atom. The van der Waals surface area contributed by atoms with E-state index in [2.05, 4.69) is 5.32 Å². The summed E-state index contributed by atoms with van der Waals surface area (Å²) in [5, 5.41) is 2.86. The van der Waals surface area contributed by atoms with Crippen molar-refractivity contribution in [2.45, 2.75) is 18.2 Å². The maximum Gasteiger partial charge on any atom is 0.155 e. The molecule has 0 aromatic heterocycles. The van der Waals surface area contributed by atoms with Gasteiger partial charge in [0.2, 0.25) is 0 Å². The predicted octanol–water partition coefficient (Wildman–Crippen LogP) is -0.592. The number of hydrogen-bond donors (Lipinski definition) is 1. The molecule has 0 aromatic rings. The van der Waals surface area contributed by atoms with E-state index >= 15 is 0 Å². The quantitative estimate of drug-likeness (QED) is 0.637. The molecular weight excluding hydrogens is 178 g/mol. The first-order valence-corrected chi connectivity index (χ1v) is 5.71. The first kappa shape index (κ1) is 9.95. The van der Waals surface area contributed by atoms with Crippen molar-refractivity contribution in [1.29, 1.82) is 0 Å². The van der Waals surface area contributed by atoms with Crippen LogP contribution < -0.4 is 5.32 Å². The van der Waals surface area contributed by atoms with Crippen LogP contribution in [0.5, 0.6) is 0 Å². The minimum Gasteiger partial charge on any atom is -0.383 e. The summed E-state index contributed by atoms with van der Waals surface area (Å²) in [6.07, 6.45) is 0. The van der Waals surface area contributed by atoms with Crippen LogP contribution in [0.15, 0.2) is 0 Å². The lowest BCUT2D eigenvalue weighted by Crippen LogP contribution is -2.51. The van der Waals surface area contributed by atoms with Crippen LogP contribution in [0.1, 0.15) is 6.92 Å². The van der Waals surface area contributed by atoms with Crippen molar-refractivity contribution in [3.63, 3.8) is 0 Å². The molecule has 1 aliphatic rings. The number of rotatable bonds is 2. The normalized spacial score (nSPS) is 34.8. The highest BCUT2D eigenvalue weighted by Crippen LogP contribution is 2.09. The van der Waals surface area contributed by atoms with Gasteiger partial charge in [0.25, 0.3) is 0 Å². The van der Waals surface area contributed by atoms with Gasteiger partial charge >= 0.3 is 0 Å². The summed E-state index contributed by atoms with van der Waals surface area (Å²) in [5.74, 6) is 0.196. The van der Waals surface area contributed by atoms with E-state index in [1.807, 2.05) is 0 Å². The van der Waals surface area contributed by atoms with Gasteiger partial charge in [-0.25, -0.2) is 8.42 Å². The molecule has 1 saturated heterocycles. The zero-order valence-corrected chi connectivity index (χ0v) is 8.23.